The molecule has 0 heterocycles. The number of allylic oxidation sites excluding steroid dienone is 5. The molecule has 0 saturated carbocycles. The number of anilines is 1. The molecular weight excluding hydrogens is 340 g/mol. The molecule has 0 bridgehead atoms. The molecule has 0 aromatic heterocycles. The van der Waals surface area contributed by atoms with Gasteiger partial charge in [-0.15, -0.1) is 11.6 Å². The van der Waals surface area contributed by atoms with Crippen molar-refractivity contribution >= 4 is 28.6 Å². The average Bonchev–Trinajstić information content (AvgIpc) is 2.71. The van der Waals surface area contributed by atoms with E-state index in [1.165, 1.54) is 34.3 Å². The average molecular weight is 365 g/mol. The Labute approximate surface area is 161 Å². The van der Waals surface area contributed by atoms with Crippen LogP contribution in [0.4, 0.5) is 5.69 Å². The predicted molar refractivity (Wildman–Crippen MR) is 117 cm³/mol. The Balaban J connectivity index is 0.00000117. The van der Waals surface area contributed by atoms with Gasteiger partial charge in [-0.2, -0.15) is 0 Å². The molecule has 0 unspecified atom stereocenters. The Morgan fingerprint density at radius 3 is 1.81 bits per heavy atom. The van der Waals surface area contributed by atoms with Gasteiger partial charge in [0, 0.05) is 33.2 Å². The van der Waals surface area contributed by atoms with Gasteiger partial charge in [0.25, 0.3) is 0 Å². The van der Waals surface area contributed by atoms with E-state index in [4.69, 9.17) is 0 Å². The maximum absolute atomic E-state index is 4.64. The van der Waals surface area contributed by atoms with Crippen LogP contribution in [0.3, 0.4) is 0 Å². The van der Waals surface area contributed by atoms with Gasteiger partial charge in [0.2, 0.25) is 0 Å². The zero-order valence-corrected chi connectivity index (χ0v) is 16.5. The molecule has 3 rings (SSSR count). The third kappa shape index (κ3) is 4.74. The topological polar surface area (TPSA) is 15.6 Å². The monoisotopic (exact) mass is 364 g/mol. The normalized spacial score (nSPS) is 12.3. The van der Waals surface area contributed by atoms with E-state index < -0.39 is 0 Å². The molecule has 0 fully saturated rings. The van der Waals surface area contributed by atoms with Crippen molar-refractivity contribution in [1.82, 2.24) is 0 Å². The van der Waals surface area contributed by atoms with Gasteiger partial charge in [-0.1, -0.05) is 54.6 Å². The lowest BCUT2D eigenvalue weighted by Gasteiger charge is -2.16. The fourth-order valence-corrected chi connectivity index (χ4v) is 2.81. The molecule has 0 atom stereocenters. The minimum atomic E-state index is 0.995. The predicted octanol–water partition coefficient (Wildman–Crippen LogP) is 5.61. The Hall–Kier alpha value is -2.58. The highest BCUT2D eigenvalue weighted by atomic mass is 35.5. The highest BCUT2D eigenvalue weighted by molar-refractivity contribution is 6.15. The molecule has 26 heavy (non-hydrogen) atoms. The van der Waals surface area contributed by atoms with Crippen LogP contribution >= 0.6 is 11.6 Å². The number of halogens is 1. The van der Waals surface area contributed by atoms with Gasteiger partial charge in [0.1, 0.15) is 0 Å². The van der Waals surface area contributed by atoms with Crippen molar-refractivity contribution in [2.24, 2.45) is 4.99 Å². The lowest BCUT2D eigenvalue weighted by Crippen LogP contribution is -2.08. The van der Waals surface area contributed by atoms with E-state index in [-0.39, 0.29) is 0 Å². The van der Waals surface area contributed by atoms with Crippen molar-refractivity contribution in [3.8, 4) is 0 Å². The fraction of sp³-hybridized carbons (Fsp3) is 0.174. The van der Waals surface area contributed by atoms with Crippen molar-refractivity contribution in [3.63, 3.8) is 0 Å². The van der Waals surface area contributed by atoms with Gasteiger partial charge in [0.15, 0.2) is 0 Å². The second kappa shape index (κ2) is 9.79. The Bertz CT molecular complexity index is 808. The number of hydrogen-bond donors (Lipinski definition) is 0. The Morgan fingerprint density at radius 1 is 0.769 bits per heavy atom. The second-order valence-electron chi connectivity index (χ2n) is 5.95. The van der Waals surface area contributed by atoms with Crippen LogP contribution in [0.1, 0.15) is 11.1 Å². The standard InChI is InChI=1S/C22H22N2.CH3Cl/c1-23-20-13-9-18(10-14-20)22(17-7-5-4-6-8-17)19-11-15-21(16-12-19)24(2)3;1-2/h4-16H,1-3H3;1H3. The summed E-state index contributed by atoms with van der Waals surface area (Å²) >= 11 is 4.64. The van der Waals surface area contributed by atoms with Gasteiger partial charge in [-0.05, 0) is 46.6 Å². The summed E-state index contributed by atoms with van der Waals surface area (Å²) in [6.45, 7) is 0. The van der Waals surface area contributed by atoms with Crippen molar-refractivity contribution in [2.45, 2.75) is 0 Å². The first-order chi connectivity index (χ1) is 12.7. The zero-order valence-electron chi connectivity index (χ0n) is 15.8. The highest BCUT2D eigenvalue weighted by Gasteiger charge is 2.11. The first-order valence-corrected chi connectivity index (χ1v) is 9.23. The number of benzene rings is 2. The molecule has 0 saturated heterocycles. The van der Waals surface area contributed by atoms with Crippen LogP contribution in [0.5, 0.6) is 0 Å². The zero-order chi connectivity index (χ0) is 18.9. The molecule has 1 aliphatic carbocycles. The van der Waals surface area contributed by atoms with E-state index in [0.717, 1.165) is 5.71 Å². The number of alkyl halides is 1. The van der Waals surface area contributed by atoms with Crippen LogP contribution in [0.15, 0.2) is 89.5 Å². The minimum Gasteiger partial charge on any atom is -0.378 e. The molecule has 2 aromatic rings. The molecule has 0 radical (unpaired) electrons. The first kappa shape index (κ1) is 19.7. The molecular formula is C23H25ClN2. The highest BCUT2D eigenvalue weighted by Crippen LogP contribution is 2.30. The molecule has 0 amide bonds. The largest absolute Gasteiger partial charge is 0.378 e. The molecule has 0 spiro atoms. The van der Waals surface area contributed by atoms with Crippen molar-refractivity contribution in [1.29, 1.82) is 0 Å². The maximum Gasteiger partial charge on any atom is 0.0571 e. The molecule has 0 N–H and O–H groups in total. The second-order valence-corrected chi connectivity index (χ2v) is 5.95. The van der Waals surface area contributed by atoms with E-state index >= 15 is 0 Å². The number of rotatable bonds is 3. The van der Waals surface area contributed by atoms with Crippen LogP contribution in [0, 0.1) is 0 Å². The molecule has 134 valence electrons. The fourth-order valence-electron chi connectivity index (χ4n) is 2.81. The lowest BCUT2D eigenvalue weighted by molar-refractivity contribution is 1.13. The summed E-state index contributed by atoms with van der Waals surface area (Å²) in [6.07, 6.45) is 9.88. The van der Waals surface area contributed by atoms with Crippen molar-refractivity contribution < 1.29 is 0 Å². The van der Waals surface area contributed by atoms with Crippen LogP contribution in [0.25, 0.3) is 5.57 Å². The Kier molecular flexibility index (Phi) is 7.43. The SMILES string of the molecule is CCl.CN=C1C=CC(=C(c2ccccc2)c2ccc(N(C)C)cc2)C=C1. The van der Waals surface area contributed by atoms with Gasteiger partial charge in [-0.25, -0.2) is 0 Å². The summed E-state index contributed by atoms with van der Waals surface area (Å²) in [5.41, 5.74) is 7.07. The van der Waals surface area contributed by atoms with Crippen molar-refractivity contribution in [2.75, 3.05) is 32.4 Å². The van der Waals surface area contributed by atoms with E-state index in [9.17, 15) is 0 Å². The minimum absolute atomic E-state index is 0.995. The lowest BCUT2D eigenvalue weighted by atomic mass is 9.91. The summed E-state index contributed by atoms with van der Waals surface area (Å²) in [5, 5.41) is 0. The summed E-state index contributed by atoms with van der Waals surface area (Å²) < 4.78 is 0. The quantitative estimate of drug-likeness (QED) is 0.646. The van der Waals surface area contributed by atoms with Crippen molar-refractivity contribution in [3.05, 3.63) is 95.6 Å². The van der Waals surface area contributed by atoms with Gasteiger partial charge >= 0.3 is 0 Å². The van der Waals surface area contributed by atoms with Crippen LogP contribution < -0.4 is 4.90 Å². The Morgan fingerprint density at radius 2 is 1.31 bits per heavy atom. The van der Waals surface area contributed by atoms with E-state index in [1.54, 1.807) is 0 Å². The van der Waals surface area contributed by atoms with E-state index in [1.807, 2.05) is 7.05 Å². The third-order valence-corrected chi connectivity index (χ3v) is 4.15. The van der Waals surface area contributed by atoms with Gasteiger partial charge < -0.3 is 4.90 Å². The van der Waals surface area contributed by atoms with Crippen LogP contribution in [0.2, 0.25) is 0 Å². The molecule has 2 nitrogen and oxygen atoms in total. The van der Waals surface area contributed by atoms with E-state index in [2.05, 4.69) is 114 Å². The maximum atomic E-state index is 4.64. The third-order valence-electron chi connectivity index (χ3n) is 4.15. The number of nitrogens with zero attached hydrogens (tertiary/aromatic N) is 2. The molecule has 3 heteroatoms. The van der Waals surface area contributed by atoms with Crippen LogP contribution in [-0.4, -0.2) is 33.2 Å². The first-order valence-electron chi connectivity index (χ1n) is 8.47. The van der Waals surface area contributed by atoms with Gasteiger partial charge in [-0.3, -0.25) is 4.99 Å². The molecule has 1 aliphatic rings. The van der Waals surface area contributed by atoms with Gasteiger partial charge in [0.05, 0.1) is 5.71 Å². The van der Waals surface area contributed by atoms with Crippen LogP contribution in [-0.2, 0) is 0 Å². The molecule has 2 aromatic carbocycles. The molecule has 0 aliphatic heterocycles. The summed E-state index contributed by atoms with van der Waals surface area (Å²) in [7, 11) is 5.93. The number of aliphatic imine (C=N–C) groups is 1. The smallest absolute Gasteiger partial charge is 0.0571 e. The number of hydrogen-bond acceptors (Lipinski definition) is 2. The summed E-state index contributed by atoms with van der Waals surface area (Å²) in [5.74, 6) is 0. The summed E-state index contributed by atoms with van der Waals surface area (Å²) in [6, 6.07) is 19.2. The summed E-state index contributed by atoms with van der Waals surface area (Å²) in [4.78, 5) is 6.35. The van der Waals surface area contributed by atoms with E-state index in [0.29, 0.717) is 0 Å².